The Hall–Kier alpha value is -0.310. The molecule has 3 heteroatoms. The maximum atomic E-state index is 5.11. The molecule has 0 amide bonds. The van der Waals surface area contributed by atoms with Crippen LogP contribution in [0.3, 0.4) is 0 Å². The first-order chi connectivity index (χ1) is 9.31. The molecule has 0 aromatic rings. The van der Waals surface area contributed by atoms with Gasteiger partial charge < -0.3 is 10.6 Å². The molecule has 2 nitrogen and oxygen atoms in total. The van der Waals surface area contributed by atoms with Crippen molar-refractivity contribution in [1.82, 2.24) is 10.6 Å². The van der Waals surface area contributed by atoms with Gasteiger partial charge in [0.15, 0.2) is 5.11 Å². The fourth-order valence-corrected chi connectivity index (χ4v) is 2.46. The van der Waals surface area contributed by atoms with E-state index in [-0.39, 0.29) is 0 Å². The fraction of sp³-hybridized carbons (Fsp3) is 0.938. The zero-order chi connectivity index (χ0) is 14.2. The summed E-state index contributed by atoms with van der Waals surface area (Å²) in [7, 11) is 0. The second-order valence-corrected chi connectivity index (χ2v) is 5.73. The van der Waals surface area contributed by atoms with E-state index in [0.29, 0.717) is 0 Å². The molecule has 0 spiro atoms. The largest absolute Gasteiger partial charge is 0.363 e. The fourth-order valence-electron chi connectivity index (χ4n) is 2.21. The van der Waals surface area contributed by atoms with Crippen molar-refractivity contribution >= 4 is 17.3 Å². The van der Waals surface area contributed by atoms with Gasteiger partial charge in [-0.15, -0.1) is 0 Å². The van der Waals surface area contributed by atoms with Crippen molar-refractivity contribution in [2.24, 2.45) is 0 Å². The predicted molar refractivity (Wildman–Crippen MR) is 90.7 cm³/mol. The van der Waals surface area contributed by atoms with E-state index in [1.54, 1.807) is 0 Å². The van der Waals surface area contributed by atoms with Crippen molar-refractivity contribution in [3.63, 3.8) is 0 Å². The third kappa shape index (κ3) is 15.6. The highest BCUT2D eigenvalue weighted by atomic mass is 32.1. The molecule has 0 bridgehead atoms. The van der Waals surface area contributed by atoms with Crippen LogP contribution < -0.4 is 10.6 Å². The highest BCUT2D eigenvalue weighted by molar-refractivity contribution is 7.80. The van der Waals surface area contributed by atoms with Crippen LogP contribution >= 0.6 is 12.2 Å². The standard InChI is InChI=1S/C16H34N2S/c1-3-5-6-7-8-9-10-11-12-13-14-15-18-16(19)17-4-2/h3-15H2,1-2H3,(H2,17,18,19). The normalized spacial score (nSPS) is 10.4. The summed E-state index contributed by atoms with van der Waals surface area (Å²) in [6.45, 7) is 6.27. The molecule has 0 aliphatic heterocycles. The zero-order valence-electron chi connectivity index (χ0n) is 13.1. The Kier molecular flexibility index (Phi) is 15.5. The lowest BCUT2D eigenvalue weighted by molar-refractivity contribution is 0.548. The predicted octanol–water partition coefficient (Wildman–Crippen LogP) is 4.78. The summed E-state index contributed by atoms with van der Waals surface area (Å²) in [5.41, 5.74) is 0. The molecule has 0 aliphatic carbocycles. The quantitative estimate of drug-likeness (QED) is 0.376. The Morgan fingerprint density at radius 1 is 0.684 bits per heavy atom. The van der Waals surface area contributed by atoms with E-state index < -0.39 is 0 Å². The van der Waals surface area contributed by atoms with Crippen LogP contribution in [0.2, 0.25) is 0 Å². The summed E-state index contributed by atoms with van der Waals surface area (Å²) < 4.78 is 0. The van der Waals surface area contributed by atoms with Crippen LogP contribution in [0.1, 0.15) is 84.5 Å². The van der Waals surface area contributed by atoms with Gasteiger partial charge in [-0.25, -0.2) is 0 Å². The molecule has 0 radical (unpaired) electrons. The van der Waals surface area contributed by atoms with Crippen LogP contribution in [0.5, 0.6) is 0 Å². The summed E-state index contributed by atoms with van der Waals surface area (Å²) in [4.78, 5) is 0. The minimum atomic E-state index is 0.801. The van der Waals surface area contributed by atoms with E-state index in [1.165, 1.54) is 70.6 Å². The number of unbranched alkanes of at least 4 members (excludes halogenated alkanes) is 10. The van der Waals surface area contributed by atoms with Gasteiger partial charge in [0, 0.05) is 13.1 Å². The summed E-state index contributed by atoms with van der Waals surface area (Å²) in [6.07, 6.45) is 15.3. The van der Waals surface area contributed by atoms with Gasteiger partial charge in [-0.05, 0) is 25.6 Å². The van der Waals surface area contributed by atoms with Crippen LogP contribution in [0, 0.1) is 0 Å². The lowest BCUT2D eigenvalue weighted by Crippen LogP contribution is -2.35. The molecular weight excluding hydrogens is 252 g/mol. The number of rotatable bonds is 13. The monoisotopic (exact) mass is 286 g/mol. The highest BCUT2D eigenvalue weighted by Crippen LogP contribution is 2.10. The third-order valence-corrected chi connectivity index (χ3v) is 3.69. The van der Waals surface area contributed by atoms with Gasteiger partial charge in [0.05, 0.1) is 0 Å². The van der Waals surface area contributed by atoms with E-state index >= 15 is 0 Å². The minimum absolute atomic E-state index is 0.801. The summed E-state index contributed by atoms with van der Waals surface area (Å²) in [5.74, 6) is 0. The zero-order valence-corrected chi connectivity index (χ0v) is 13.9. The van der Waals surface area contributed by atoms with E-state index in [4.69, 9.17) is 12.2 Å². The molecule has 0 aromatic heterocycles. The van der Waals surface area contributed by atoms with Crippen LogP contribution in [-0.4, -0.2) is 18.2 Å². The third-order valence-electron chi connectivity index (χ3n) is 3.40. The number of nitrogens with one attached hydrogen (secondary N) is 2. The summed E-state index contributed by atoms with van der Waals surface area (Å²) in [6, 6.07) is 0. The van der Waals surface area contributed by atoms with Gasteiger partial charge >= 0.3 is 0 Å². The Balaban J connectivity index is 3.01. The van der Waals surface area contributed by atoms with Gasteiger partial charge in [0.25, 0.3) is 0 Å². The second-order valence-electron chi connectivity index (χ2n) is 5.32. The molecule has 0 aliphatic rings. The SMILES string of the molecule is CCCCCCCCCCCCCNC(=S)NCC. The molecule has 0 saturated heterocycles. The van der Waals surface area contributed by atoms with Gasteiger partial charge in [-0.3, -0.25) is 0 Å². The van der Waals surface area contributed by atoms with Crippen LogP contribution in [0.15, 0.2) is 0 Å². The molecule has 0 saturated carbocycles. The van der Waals surface area contributed by atoms with Crippen LogP contribution in [0.25, 0.3) is 0 Å². The number of hydrogen-bond acceptors (Lipinski definition) is 1. The Labute approximate surface area is 126 Å². The first-order valence-electron chi connectivity index (χ1n) is 8.33. The van der Waals surface area contributed by atoms with Gasteiger partial charge in [0.1, 0.15) is 0 Å². The van der Waals surface area contributed by atoms with E-state index in [0.717, 1.165) is 18.2 Å². The molecule has 2 N–H and O–H groups in total. The average molecular weight is 287 g/mol. The lowest BCUT2D eigenvalue weighted by atomic mass is 10.1. The first kappa shape index (κ1) is 18.7. The average Bonchev–Trinajstić information content (AvgIpc) is 2.40. The van der Waals surface area contributed by atoms with Crippen molar-refractivity contribution in [2.75, 3.05) is 13.1 Å². The first-order valence-corrected chi connectivity index (χ1v) is 8.73. The Morgan fingerprint density at radius 3 is 1.63 bits per heavy atom. The molecular formula is C16H34N2S. The number of thiocarbonyl (C=S) groups is 1. The molecule has 0 heterocycles. The van der Waals surface area contributed by atoms with Crippen LogP contribution in [0.4, 0.5) is 0 Å². The Bertz CT molecular complexity index is 195. The second kappa shape index (κ2) is 15.7. The van der Waals surface area contributed by atoms with Crippen molar-refractivity contribution in [3.05, 3.63) is 0 Å². The molecule has 0 aromatic carbocycles. The van der Waals surface area contributed by atoms with Gasteiger partial charge in [-0.1, -0.05) is 71.1 Å². The molecule has 0 unspecified atom stereocenters. The lowest BCUT2D eigenvalue weighted by Gasteiger charge is -2.08. The van der Waals surface area contributed by atoms with E-state index in [9.17, 15) is 0 Å². The van der Waals surface area contributed by atoms with Crippen LogP contribution in [-0.2, 0) is 0 Å². The van der Waals surface area contributed by atoms with Crippen molar-refractivity contribution in [2.45, 2.75) is 84.5 Å². The maximum Gasteiger partial charge on any atom is 0.166 e. The number of hydrogen-bond donors (Lipinski definition) is 2. The molecule has 0 rings (SSSR count). The van der Waals surface area contributed by atoms with E-state index in [2.05, 4.69) is 24.5 Å². The smallest absolute Gasteiger partial charge is 0.166 e. The molecule has 0 atom stereocenters. The Morgan fingerprint density at radius 2 is 1.16 bits per heavy atom. The molecule has 114 valence electrons. The van der Waals surface area contributed by atoms with Gasteiger partial charge in [0.2, 0.25) is 0 Å². The van der Waals surface area contributed by atoms with E-state index in [1.807, 2.05) is 0 Å². The summed E-state index contributed by atoms with van der Waals surface area (Å²) >= 11 is 5.11. The van der Waals surface area contributed by atoms with Crippen molar-refractivity contribution in [1.29, 1.82) is 0 Å². The van der Waals surface area contributed by atoms with Crippen molar-refractivity contribution in [3.8, 4) is 0 Å². The maximum absolute atomic E-state index is 5.11. The topological polar surface area (TPSA) is 24.1 Å². The minimum Gasteiger partial charge on any atom is -0.363 e. The highest BCUT2D eigenvalue weighted by Gasteiger charge is 1.94. The van der Waals surface area contributed by atoms with Gasteiger partial charge in [-0.2, -0.15) is 0 Å². The van der Waals surface area contributed by atoms with Crippen molar-refractivity contribution < 1.29 is 0 Å². The molecule has 19 heavy (non-hydrogen) atoms. The summed E-state index contributed by atoms with van der Waals surface area (Å²) in [5, 5.41) is 7.14. The molecule has 0 fully saturated rings.